The third-order valence-corrected chi connectivity index (χ3v) is 2.65. The maximum atomic E-state index is 12.6. The fraction of sp³-hybridized carbons (Fsp3) is 0.429. The molecule has 1 aromatic carbocycles. The molecule has 1 atom stereocenters. The van der Waals surface area contributed by atoms with E-state index in [0.717, 1.165) is 31.4 Å². The summed E-state index contributed by atoms with van der Waals surface area (Å²) in [6.45, 7) is 5.71. The summed E-state index contributed by atoms with van der Waals surface area (Å²) in [5, 5.41) is 3.12. The van der Waals surface area contributed by atoms with Gasteiger partial charge < -0.3 is 5.32 Å². The first-order chi connectivity index (χ1) is 8.47. The molecule has 1 rings (SSSR count). The lowest BCUT2D eigenvalue weighted by Crippen LogP contribution is -2.18. The van der Waals surface area contributed by atoms with Gasteiger partial charge in [0.1, 0.15) is 0 Å². The fourth-order valence-electron chi connectivity index (χ4n) is 1.82. The first-order valence-corrected chi connectivity index (χ1v) is 6.02. The van der Waals surface area contributed by atoms with Crippen LogP contribution in [-0.2, 0) is 6.18 Å². The number of rotatable bonds is 6. The van der Waals surface area contributed by atoms with Crippen molar-refractivity contribution in [2.45, 2.75) is 38.4 Å². The Bertz CT molecular complexity index is 385. The first kappa shape index (κ1) is 14.6. The van der Waals surface area contributed by atoms with Crippen LogP contribution in [0.3, 0.4) is 0 Å². The van der Waals surface area contributed by atoms with Crippen LogP contribution in [-0.4, -0.2) is 6.04 Å². The molecule has 18 heavy (non-hydrogen) atoms. The smallest absolute Gasteiger partial charge is 0.382 e. The summed E-state index contributed by atoms with van der Waals surface area (Å²) in [5.74, 6) is 0. The van der Waals surface area contributed by atoms with Crippen molar-refractivity contribution >= 4 is 5.69 Å². The van der Waals surface area contributed by atoms with Gasteiger partial charge in [0.2, 0.25) is 0 Å². The van der Waals surface area contributed by atoms with Gasteiger partial charge in [0.15, 0.2) is 0 Å². The quantitative estimate of drug-likeness (QED) is 0.717. The molecule has 0 aliphatic heterocycles. The van der Waals surface area contributed by atoms with E-state index in [0.29, 0.717) is 5.69 Å². The van der Waals surface area contributed by atoms with Crippen molar-refractivity contribution in [2.75, 3.05) is 5.32 Å². The van der Waals surface area contributed by atoms with E-state index in [1.807, 2.05) is 6.92 Å². The molecule has 0 bridgehead atoms. The van der Waals surface area contributed by atoms with E-state index in [1.165, 1.54) is 6.07 Å². The van der Waals surface area contributed by atoms with E-state index in [1.54, 1.807) is 12.1 Å². The molecule has 0 amide bonds. The van der Waals surface area contributed by atoms with Crippen LogP contribution >= 0.6 is 0 Å². The summed E-state index contributed by atoms with van der Waals surface area (Å²) in [5.41, 5.74) is -0.119. The number of alkyl halides is 3. The Balaban J connectivity index is 2.79. The molecule has 0 spiro atoms. The first-order valence-electron chi connectivity index (χ1n) is 6.02. The van der Waals surface area contributed by atoms with Crippen molar-refractivity contribution in [1.29, 1.82) is 0 Å². The number of nitrogens with one attached hydrogen (secondary N) is 1. The molecule has 0 aromatic heterocycles. The minimum atomic E-state index is -4.30. The monoisotopic (exact) mass is 257 g/mol. The standard InChI is InChI=1S/C14H18F3N/c1-3-6-12(7-4-2)18-13-9-5-8-11(10-13)14(15,16)17/h3,5,8-10,12,18H,1,4,6-7H2,2H3. The van der Waals surface area contributed by atoms with Gasteiger partial charge in [-0.3, -0.25) is 0 Å². The summed E-state index contributed by atoms with van der Waals surface area (Å²) in [6.07, 6.45) is 0.105. The zero-order chi connectivity index (χ0) is 13.6. The minimum absolute atomic E-state index is 0.135. The van der Waals surface area contributed by atoms with Gasteiger partial charge in [0.25, 0.3) is 0 Å². The average molecular weight is 257 g/mol. The highest BCUT2D eigenvalue weighted by molar-refractivity contribution is 5.47. The summed E-state index contributed by atoms with van der Waals surface area (Å²) < 4.78 is 37.7. The maximum absolute atomic E-state index is 12.6. The Morgan fingerprint density at radius 2 is 2.11 bits per heavy atom. The molecule has 0 saturated heterocycles. The lowest BCUT2D eigenvalue weighted by Gasteiger charge is -2.18. The van der Waals surface area contributed by atoms with Gasteiger partial charge in [-0.2, -0.15) is 13.2 Å². The molecule has 0 saturated carbocycles. The van der Waals surface area contributed by atoms with E-state index in [4.69, 9.17) is 0 Å². The number of hydrogen-bond donors (Lipinski definition) is 1. The third-order valence-electron chi connectivity index (χ3n) is 2.65. The fourth-order valence-corrected chi connectivity index (χ4v) is 1.82. The summed E-state index contributed by atoms with van der Waals surface area (Å²) in [6, 6.07) is 5.43. The highest BCUT2D eigenvalue weighted by Crippen LogP contribution is 2.31. The van der Waals surface area contributed by atoms with Gasteiger partial charge in [0, 0.05) is 11.7 Å². The van der Waals surface area contributed by atoms with Crippen LogP contribution in [0.25, 0.3) is 0 Å². The molecule has 1 unspecified atom stereocenters. The molecule has 0 aliphatic rings. The SMILES string of the molecule is C=CCC(CCC)Nc1cccc(C(F)(F)F)c1. The van der Waals surface area contributed by atoms with Gasteiger partial charge in [-0.05, 0) is 31.0 Å². The zero-order valence-electron chi connectivity index (χ0n) is 10.4. The topological polar surface area (TPSA) is 12.0 Å². The Labute approximate surface area is 106 Å². The van der Waals surface area contributed by atoms with Crippen LogP contribution in [0.5, 0.6) is 0 Å². The number of halogens is 3. The van der Waals surface area contributed by atoms with Crippen LogP contribution in [0, 0.1) is 0 Å². The van der Waals surface area contributed by atoms with E-state index >= 15 is 0 Å². The number of anilines is 1. The Morgan fingerprint density at radius 3 is 2.67 bits per heavy atom. The van der Waals surface area contributed by atoms with Gasteiger partial charge >= 0.3 is 6.18 Å². The number of hydrogen-bond acceptors (Lipinski definition) is 1. The Morgan fingerprint density at radius 1 is 1.39 bits per heavy atom. The maximum Gasteiger partial charge on any atom is 0.416 e. The minimum Gasteiger partial charge on any atom is -0.382 e. The van der Waals surface area contributed by atoms with Crippen LogP contribution < -0.4 is 5.32 Å². The second-order valence-corrected chi connectivity index (χ2v) is 4.23. The molecule has 0 heterocycles. The van der Waals surface area contributed by atoms with Crippen LogP contribution in [0.2, 0.25) is 0 Å². The Hall–Kier alpha value is -1.45. The molecular weight excluding hydrogens is 239 g/mol. The Kier molecular flexibility index (Phi) is 5.25. The van der Waals surface area contributed by atoms with E-state index in [2.05, 4.69) is 11.9 Å². The number of benzene rings is 1. The van der Waals surface area contributed by atoms with Gasteiger partial charge in [0.05, 0.1) is 5.56 Å². The van der Waals surface area contributed by atoms with Gasteiger partial charge in [-0.1, -0.05) is 25.5 Å². The van der Waals surface area contributed by atoms with Crippen molar-refractivity contribution in [2.24, 2.45) is 0 Å². The van der Waals surface area contributed by atoms with Crippen molar-refractivity contribution in [3.8, 4) is 0 Å². The summed E-state index contributed by atoms with van der Waals surface area (Å²) >= 11 is 0. The summed E-state index contributed by atoms with van der Waals surface area (Å²) in [4.78, 5) is 0. The molecular formula is C14H18F3N. The predicted octanol–water partition coefficient (Wildman–Crippen LogP) is 4.86. The average Bonchev–Trinajstić information content (AvgIpc) is 2.29. The molecule has 1 aromatic rings. The largest absolute Gasteiger partial charge is 0.416 e. The lowest BCUT2D eigenvalue weighted by molar-refractivity contribution is -0.137. The highest BCUT2D eigenvalue weighted by atomic mass is 19.4. The van der Waals surface area contributed by atoms with E-state index in [9.17, 15) is 13.2 Å². The second kappa shape index (κ2) is 6.47. The zero-order valence-corrected chi connectivity index (χ0v) is 10.4. The van der Waals surface area contributed by atoms with E-state index in [-0.39, 0.29) is 6.04 Å². The molecule has 1 N–H and O–H groups in total. The van der Waals surface area contributed by atoms with Crippen LogP contribution in [0.4, 0.5) is 18.9 Å². The van der Waals surface area contributed by atoms with Crippen molar-refractivity contribution < 1.29 is 13.2 Å². The normalized spacial score (nSPS) is 13.1. The van der Waals surface area contributed by atoms with Gasteiger partial charge in [-0.25, -0.2) is 0 Å². The highest BCUT2D eigenvalue weighted by Gasteiger charge is 2.30. The molecule has 0 aliphatic carbocycles. The summed E-state index contributed by atoms with van der Waals surface area (Å²) in [7, 11) is 0. The molecule has 0 radical (unpaired) electrons. The second-order valence-electron chi connectivity index (χ2n) is 4.23. The molecule has 100 valence electrons. The lowest BCUT2D eigenvalue weighted by atomic mass is 10.1. The van der Waals surface area contributed by atoms with Gasteiger partial charge in [-0.15, -0.1) is 6.58 Å². The van der Waals surface area contributed by atoms with Crippen molar-refractivity contribution in [1.82, 2.24) is 0 Å². The molecule has 0 fully saturated rings. The van der Waals surface area contributed by atoms with Crippen LogP contribution in [0.1, 0.15) is 31.7 Å². The molecule has 4 heteroatoms. The van der Waals surface area contributed by atoms with Crippen molar-refractivity contribution in [3.05, 3.63) is 42.5 Å². The predicted molar refractivity (Wildman–Crippen MR) is 68.6 cm³/mol. The van der Waals surface area contributed by atoms with Crippen molar-refractivity contribution in [3.63, 3.8) is 0 Å². The third kappa shape index (κ3) is 4.43. The van der Waals surface area contributed by atoms with Crippen LogP contribution in [0.15, 0.2) is 36.9 Å². The molecule has 1 nitrogen and oxygen atoms in total. The van der Waals surface area contributed by atoms with E-state index < -0.39 is 11.7 Å².